The van der Waals surface area contributed by atoms with Gasteiger partial charge in [0.1, 0.15) is 0 Å². The highest BCUT2D eigenvalue weighted by molar-refractivity contribution is 9.10. The largest absolute Gasteiger partial charge is 0.481 e. The molecule has 1 aromatic carbocycles. The molecule has 1 rings (SSSR count). The summed E-state index contributed by atoms with van der Waals surface area (Å²) in [7, 11) is 0. The van der Waals surface area contributed by atoms with Gasteiger partial charge in [0.15, 0.2) is 0 Å². The highest BCUT2D eigenvalue weighted by atomic mass is 79.9. The lowest BCUT2D eigenvalue weighted by Gasteiger charge is -2.20. The fourth-order valence-electron chi connectivity index (χ4n) is 1.63. The van der Waals surface area contributed by atoms with E-state index >= 15 is 0 Å². The maximum absolute atomic E-state index is 11.8. The summed E-state index contributed by atoms with van der Waals surface area (Å²) in [6, 6.07) is 7.48. The van der Waals surface area contributed by atoms with Gasteiger partial charge in [-0.1, -0.05) is 28.1 Å². The van der Waals surface area contributed by atoms with Crippen molar-refractivity contribution in [2.45, 2.75) is 33.2 Å². The van der Waals surface area contributed by atoms with Gasteiger partial charge in [0.25, 0.3) is 0 Å². The molecule has 19 heavy (non-hydrogen) atoms. The third kappa shape index (κ3) is 4.67. The van der Waals surface area contributed by atoms with Crippen LogP contribution in [0, 0.1) is 5.41 Å². The Morgan fingerprint density at radius 3 is 2.58 bits per heavy atom. The van der Waals surface area contributed by atoms with Crippen LogP contribution in [0.2, 0.25) is 0 Å². The zero-order chi connectivity index (χ0) is 14.6. The minimum absolute atomic E-state index is 0.0410. The number of amides is 1. The fraction of sp³-hybridized carbons (Fsp3) is 0.429. The van der Waals surface area contributed by atoms with Gasteiger partial charge in [0.2, 0.25) is 5.91 Å². The molecule has 0 spiro atoms. The Balaban J connectivity index is 2.65. The summed E-state index contributed by atoms with van der Waals surface area (Å²) < 4.78 is 0.942. The van der Waals surface area contributed by atoms with Gasteiger partial charge in [-0.3, -0.25) is 9.59 Å². The molecule has 0 radical (unpaired) electrons. The van der Waals surface area contributed by atoms with Crippen molar-refractivity contribution in [3.63, 3.8) is 0 Å². The van der Waals surface area contributed by atoms with E-state index in [9.17, 15) is 9.59 Å². The van der Waals surface area contributed by atoms with Crippen molar-refractivity contribution in [1.29, 1.82) is 0 Å². The molecule has 5 heteroatoms. The lowest BCUT2D eigenvalue weighted by molar-refractivity contribution is -0.149. The summed E-state index contributed by atoms with van der Waals surface area (Å²) >= 11 is 3.37. The lowest BCUT2D eigenvalue weighted by atomic mass is 9.89. The van der Waals surface area contributed by atoms with Crippen LogP contribution < -0.4 is 5.32 Å². The Bertz CT molecular complexity index is 485. The number of halogens is 1. The van der Waals surface area contributed by atoms with Crippen LogP contribution in [-0.2, 0) is 9.59 Å². The molecule has 0 unspecified atom stereocenters. The summed E-state index contributed by atoms with van der Waals surface area (Å²) in [5, 5.41) is 11.8. The number of carboxylic acids is 1. The SMILES string of the molecule is C[C@@H](NC(=O)CC(C)(C)C(=O)O)c1cccc(Br)c1. The minimum Gasteiger partial charge on any atom is -0.481 e. The first kappa shape index (κ1) is 15.7. The molecule has 0 aliphatic heterocycles. The van der Waals surface area contributed by atoms with Crippen molar-refractivity contribution in [2.24, 2.45) is 5.41 Å². The van der Waals surface area contributed by atoms with E-state index in [0.717, 1.165) is 10.0 Å². The van der Waals surface area contributed by atoms with Gasteiger partial charge in [-0.05, 0) is 38.5 Å². The van der Waals surface area contributed by atoms with Crippen LogP contribution in [0.25, 0.3) is 0 Å². The minimum atomic E-state index is -1.05. The molecule has 0 saturated carbocycles. The van der Waals surface area contributed by atoms with E-state index in [2.05, 4.69) is 21.2 Å². The third-order valence-corrected chi connectivity index (χ3v) is 3.40. The molecule has 2 N–H and O–H groups in total. The quantitative estimate of drug-likeness (QED) is 0.873. The number of aliphatic carboxylic acids is 1. The first-order valence-electron chi connectivity index (χ1n) is 6.00. The Hall–Kier alpha value is -1.36. The van der Waals surface area contributed by atoms with Crippen LogP contribution in [0.15, 0.2) is 28.7 Å². The van der Waals surface area contributed by atoms with Gasteiger partial charge in [-0.2, -0.15) is 0 Å². The molecule has 0 saturated heterocycles. The van der Waals surface area contributed by atoms with E-state index in [1.165, 1.54) is 0 Å². The van der Waals surface area contributed by atoms with Crippen molar-refractivity contribution in [1.82, 2.24) is 5.32 Å². The van der Waals surface area contributed by atoms with Crippen molar-refractivity contribution < 1.29 is 14.7 Å². The van der Waals surface area contributed by atoms with Gasteiger partial charge < -0.3 is 10.4 Å². The number of carbonyl (C=O) groups excluding carboxylic acids is 1. The van der Waals surface area contributed by atoms with Crippen molar-refractivity contribution in [2.75, 3.05) is 0 Å². The predicted molar refractivity (Wildman–Crippen MR) is 76.7 cm³/mol. The Kier molecular flexibility index (Phi) is 5.11. The fourth-order valence-corrected chi connectivity index (χ4v) is 2.05. The molecule has 1 atom stereocenters. The smallest absolute Gasteiger partial charge is 0.309 e. The van der Waals surface area contributed by atoms with Crippen LogP contribution in [0.3, 0.4) is 0 Å². The predicted octanol–water partition coefficient (Wildman–Crippen LogP) is 3.13. The number of hydrogen-bond donors (Lipinski definition) is 2. The number of benzene rings is 1. The first-order chi connectivity index (χ1) is 8.72. The zero-order valence-electron chi connectivity index (χ0n) is 11.2. The van der Waals surface area contributed by atoms with Crippen molar-refractivity contribution in [3.8, 4) is 0 Å². The van der Waals surface area contributed by atoms with E-state index in [0.29, 0.717) is 0 Å². The maximum Gasteiger partial charge on any atom is 0.309 e. The maximum atomic E-state index is 11.8. The van der Waals surface area contributed by atoms with Gasteiger partial charge >= 0.3 is 5.97 Å². The Labute approximate surface area is 121 Å². The van der Waals surface area contributed by atoms with Crippen LogP contribution in [0.5, 0.6) is 0 Å². The van der Waals surface area contributed by atoms with Gasteiger partial charge in [-0.25, -0.2) is 0 Å². The molecule has 4 nitrogen and oxygen atoms in total. The van der Waals surface area contributed by atoms with E-state index in [1.54, 1.807) is 13.8 Å². The van der Waals surface area contributed by atoms with Crippen LogP contribution in [-0.4, -0.2) is 17.0 Å². The summed E-state index contributed by atoms with van der Waals surface area (Å²) in [4.78, 5) is 22.8. The van der Waals surface area contributed by atoms with Gasteiger partial charge in [-0.15, -0.1) is 0 Å². The molecule has 104 valence electrons. The first-order valence-corrected chi connectivity index (χ1v) is 6.80. The normalized spacial score (nSPS) is 12.8. The van der Waals surface area contributed by atoms with Gasteiger partial charge in [0.05, 0.1) is 11.5 Å². The van der Waals surface area contributed by atoms with E-state index in [4.69, 9.17) is 5.11 Å². The second-order valence-corrected chi connectivity index (χ2v) is 6.13. The van der Waals surface area contributed by atoms with Gasteiger partial charge in [0, 0.05) is 10.9 Å². The molecule has 1 amide bonds. The standard InChI is InChI=1S/C14H18BrNO3/c1-9(10-5-4-6-11(15)7-10)16-12(17)8-14(2,3)13(18)19/h4-7,9H,8H2,1-3H3,(H,16,17)(H,18,19)/t9-/m1/s1. The van der Waals surface area contributed by atoms with E-state index < -0.39 is 11.4 Å². The molecule has 0 fully saturated rings. The average molecular weight is 328 g/mol. The summed E-state index contributed by atoms with van der Waals surface area (Å²) in [5.41, 5.74) is -0.0861. The van der Waals surface area contributed by atoms with Crippen LogP contribution >= 0.6 is 15.9 Å². The topological polar surface area (TPSA) is 66.4 Å². The molecule has 0 aromatic heterocycles. The molecule has 1 aromatic rings. The van der Waals surface area contributed by atoms with E-state index in [-0.39, 0.29) is 18.4 Å². The molecular formula is C14H18BrNO3. The molecule has 0 aliphatic carbocycles. The number of rotatable bonds is 5. The molecule has 0 bridgehead atoms. The Morgan fingerprint density at radius 2 is 2.05 bits per heavy atom. The number of nitrogens with one attached hydrogen (secondary N) is 1. The summed E-state index contributed by atoms with van der Waals surface area (Å²) in [5.74, 6) is -1.24. The highest BCUT2D eigenvalue weighted by Gasteiger charge is 2.30. The summed E-state index contributed by atoms with van der Waals surface area (Å²) in [6.07, 6.45) is -0.0410. The van der Waals surface area contributed by atoms with E-state index in [1.807, 2.05) is 31.2 Å². The Morgan fingerprint density at radius 1 is 1.42 bits per heavy atom. The highest BCUT2D eigenvalue weighted by Crippen LogP contribution is 2.22. The van der Waals surface area contributed by atoms with Crippen LogP contribution in [0.4, 0.5) is 0 Å². The lowest BCUT2D eigenvalue weighted by Crippen LogP contribution is -2.34. The number of carbonyl (C=O) groups is 2. The number of hydrogen-bond acceptors (Lipinski definition) is 2. The third-order valence-electron chi connectivity index (χ3n) is 2.91. The molecule has 0 aliphatic rings. The van der Waals surface area contributed by atoms with Crippen molar-refractivity contribution in [3.05, 3.63) is 34.3 Å². The monoisotopic (exact) mass is 327 g/mol. The van der Waals surface area contributed by atoms with Crippen LogP contribution in [0.1, 0.15) is 38.8 Å². The summed E-state index contributed by atoms with van der Waals surface area (Å²) in [6.45, 7) is 4.95. The molecule has 0 heterocycles. The zero-order valence-corrected chi connectivity index (χ0v) is 12.8. The second kappa shape index (κ2) is 6.19. The molecular weight excluding hydrogens is 310 g/mol. The second-order valence-electron chi connectivity index (χ2n) is 5.21. The number of carboxylic acid groups (broad SMARTS) is 1. The van der Waals surface area contributed by atoms with Crippen molar-refractivity contribution >= 4 is 27.8 Å². The average Bonchev–Trinajstić information content (AvgIpc) is 2.27.